The van der Waals surface area contributed by atoms with Crippen LogP contribution in [0.3, 0.4) is 0 Å². The van der Waals surface area contributed by atoms with Crippen LogP contribution in [-0.2, 0) is 0 Å². The van der Waals surface area contributed by atoms with Crippen LogP contribution >= 0.6 is 0 Å². The first-order valence-electron chi connectivity index (χ1n) is 5.79. The second-order valence-corrected chi connectivity index (χ2v) is 4.55. The van der Waals surface area contributed by atoms with E-state index in [1.807, 2.05) is 12.3 Å². The van der Waals surface area contributed by atoms with Crippen LogP contribution in [0.5, 0.6) is 0 Å². The van der Waals surface area contributed by atoms with E-state index < -0.39 is 5.66 Å². The van der Waals surface area contributed by atoms with Gasteiger partial charge < -0.3 is 16.8 Å². The van der Waals surface area contributed by atoms with Gasteiger partial charge in [-0.1, -0.05) is 25.7 Å². The summed E-state index contributed by atoms with van der Waals surface area (Å²) < 4.78 is 0. The first kappa shape index (κ1) is 10.5. The molecule has 0 radical (unpaired) electrons. The zero-order valence-electron chi connectivity index (χ0n) is 9.08. The molecule has 1 aliphatic heterocycles. The van der Waals surface area contributed by atoms with E-state index in [1.54, 1.807) is 0 Å². The van der Waals surface area contributed by atoms with E-state index in [-0.39, 0.29) is 0 Å². The summed E-state index contributed by atoms with van der Waals surface area (Å²) in [6.07, 6.45) is 11.3. The Kier molecular flexibility index (Phi) is 2.95. The van der Waals surface area contributed by atoms with Gasteiger partial charge in [-0.05, 0) is 18.9 Å². The molecule has 84 valence electrons. The summed E-state index contributed by atoms with van der Waals surface area (Å²) in [5.74, 6) is 0.876. The quantitative estimate of drug-likeness (QED) is 0.564. The highest BCUT2D eigenvalue weighted by atomic mass is 15.2. The van der Waals surface area contributed by atoms with Crippen LogP contribution < -0.4 is 16.8 Å². The van der Waals surface area contributed by atoms with Crippen molar-refractivity contribution in [3.63, 3.8) is 0 Å². The zero-order valence-corrected chi connectivity index (χ0v) is 9.08. The second kappa shape index (κ2) is 4.23. The van der Waals surface area contributed by atoms with Crippen molar-refractivity contribution in [1.82, 2.24) is 5.32 Å². The number of hydrogen-bond acceptors (Lipinski definition) is 4. The Morgan fingerprint density at radius 1 is 1.27 bits per heavy atom. The molecular formula is C11H20N4. The largest absolute Gasteiger partial charge is 0.370 e. The Balaban J connectivity index is 2.12. The van der Waals surface area contributed by atoms with Gasteiger partial charge in [-0.25, -0.2) is 4.99 Å². The van der Waals surface area contributed by atoms with Crippen molar-refractivity contribution in [2.24, 2.45) is 22.4 Å². The monoisotopic (exact) mass is 208 g/mol. The van der Waals surface area contributed by atoms with Crippen molar-refractivity contribution in [3.8, 4) is 0 Å². The third kappa shape index (κ3) is 2.31. The van der Waals surface area contributed by atoms with Gasteiger partial charge in [0, 0.05) is 12.1 Å². The fraction of sp³-hybridized carbons (Fsp3) is 0.727. The molecule has 4 nitrogen and oxygen atoms in total. The van der Waals surface area contributed by atoms with Gasteiger partial charge in [-0.2, -0.15) is 0 Å². The molecule has 1 aliphatic carbocycles. The average molecular weight is 208 g/mol. The molecule has 0 aromatic rings. The number of guanidine groups is 1. The van der Waals surface area contributed by atoms with Crippen LogP contribution in [0.25, 0.3) is 0 Å². The van der Waals surface area contributed by atoms with Gasteiger partial charge in [-0.15, -0.1) is 0 Å². The molecule has 4 heteroatoms. The van der Waals surface area contributed by atoms with Crippen molar-refractivity contribution in [2.45, 2.75) is 44.2 Å². The molecule has 0 bridgehead atoms. The zero-order chi connectivity index (χ0) is 10.7. The number of aliphatic imine (C=N–C) groups is 1. The average Bonchev–Trinajstić information content (AvgIpc) is 2.45. The minimum Gasteiger partial charge on any atom is -0.370 e. The van der Waals surface area contributed by atoms with Gasteiger partial charge in [0.2, 0.25) is 0 Å². The number of hydrogen-bond donors (Lipinski definition) is 3. The SMILES string of the molecule is NC1=NC(N)(C2CCCCCC2)C=CN1. The van der Waals surface area contributed by atoms with Crippen LogP contribution in [0, 0.1) is 5.92 Å². The molecule has 1 heterocycles. The lowest BCUT2D eigenvalue weighted by molar-refractivity contribution is 0.304. The third-order valence-corrected chi connectivity index (χ3v) is 3.40. The van der Waals surface area contributed by atoms with Crippen LogP contribution in [0.4, 0.5) is 0 Å². The molecule has 1 unspecified atom stereocenters. The maximum absolute atomic E-state index is 6.30. The number of nitrogens with one attached hydrogen (secondary N) is 1. The summed E-state index contributed by atoms with van der Waals surface area (Å²) in [4.78, 5) is 4.35. The van der Waals surface area contributed by atoms with Gasteiger partial charge in [-0.3, -0.25) is 0 Å². The summed E-state index contributed by atoms with van der Waals surface area (Å²) in [7, 11) is 0. The first-order valence-corrected chi connectivity index (χ1v) is 5.79. The lowest BCUT2D eigenvalue weighted by atomic mass is 9.86. The summed E-state index contributed by atoms with van der Waals surface area (Å²) in [6, 6.07) is 0. The summed E-state index contributed by atoms with van der Waals surface area (Å²) in [6.45, 7) is 0. The van der Waals surface area contributed by atoms with Crippen molar-refractivity contribution >= 4 is 5.96 Å². The van der Waals surface area contributed by atoms with Crippen LogP contribution in [-0.4, -0.2) is 11.6 Å². The van der Waals surface area contributed by atoms with Gasteiger partial charge in [0.1, 0.15) is 5.66 Å². The van der Waals surface area contributed by atoms with Crippen LogP contribution in [0.15, 0.2) is 17.3 Å². The Bertz CT molecular complexity index is 276. The molecule has 0 aromatic carbocycles. The molecule has 15 heavy (non-hydrogen) atoms. The van der Waals surface area contributed by atoms with Crippen molar-refractivity contribution in [3.05, 3.63) is 12.3 Å². The fourth-order valence-electron chi connectivity index (χ4n) is 2.51. The van der Waals surface area contributed by atoms with E-state index in [1.165, 1.54) is 25.7 Å². The minimum absolute atomic E-state index is 0.434. The van der Waals surface area contributed by atoms with E-state index >= 15 is 0 Å². The molecule has 0 spiro atoms. The van der Waals surface area contributed by atoms with Crippen LogP contribution in [0.1, 0.15) is 38.5 Å². The number of nitrogens with zero attached hydrogens (tertiary/aromatic N) is 1. The molecule has 2 rings (SSSR count). The maximum Gasteiger partial charge on any atom is 0.194 e. The van der Waals surface area contributed by atoms with Crippen LogP contribution in [0.2, 0.25) is 0 Å². The highest BCUT2D eigenvalue weighted by Gasteiger charge is 2.33. The molecule has 1 saturated carbocycles. The van der Waals surface area contributed by atoms with Crippen molar-refractivity contribution in [1.29, 1.82) is 0 Å². The highest BCUT2D eigenvalue weighted by molar-refractivity contribution is 5.80. The number of nitrogens with two attached hydrogens (primary N) is 2. The third-order valence-electron chi connectivity index (χ3n) is 3.40. The maximum atomic E-state index is 6.30. The van der Waals surface area contributed by atoms with E-state index in [4.69, 9.17) is 11.5 Å². The second-order valence-electron chi connectivity index (χ2n) is 4.55. The topological polar surface area (TPSA) is 76.4 Å². The van der Waals surface area contributed by atoms with E-state index in [2.05, 4.69) is 10.3 Å². The molecular weight excluding hydrogens is 188 g/mol. The summed E-state index contributed by atoms with van der Waals surface area (Å²) >= 11 is 0. The van der Waals surface area contributed by atoms with Gasteiger partial charge >= 0.3 is 0 Å². The Hall–Kier alpha value is -1.03. The summed E-state index contributed by atoms with van der Waals surface area (Å²) in [5, 5.41) is 2.86. The standard InChI is InChI=1S/C11H20N4/c12-10-14-8-7-11(13,15-10)9-5-3-1-2-4-6-9/h7-9H,1-6,13H2,(H3,12,14,15). The molecule has 0 aromatic heterocycles. The molecule has 5 N–H and O–H groups in total. The van der Waals surface area contributed by atoms with E-state index in [0.29, 0.717) is 11.9 Å². The normalized spacial score (nSPS) is 33.0. The Morgan fingerprint density at radius 2 is 1.93 bits per heavy atom. The minimum atomic E-state index is -0.570. The first-order chi connectivity index (χ1) is 7.21. The van der Waals surface area contributed by atoms with Gasteiger partial charge in [0.25, 0.3) is 0 Å². The van der Waals surface area contributed by atoms with Crippen molar-refractivity contribution in [2.75, 3.05) is 0 Å². The fourth-order valence-corrected chi connectivity index (χ4v) is 2.51. The van der Waals surface area contributed by atoms with E-state index in [0.717, 1.165) is 12.8 Å². The van der Waals surface area contributed by atoms with E-state index in [9.17, 15) is 0 Å². The lowest BCUT2D eigenvalue weighted by Crippen LogP contribution is -2.49. The predicted molar refractivity (Wildman–Crippen MR) is 62.0 cm³/mol. The highest BCUT2D eigenvalue weighted by Crippen LogP contribution is 2.32. The predicted octanol–water partition coefficient (Wildman–Crippen LogP) is 1.04. The summed E-state index contributed by atoms with van der Waals surface area (Å²) in [5.41, 5.74) is 11.4. The molecule has 0 amide bonds. The Morgan fingerprint density at radius 3 is 2.53 bits per heavy atom. The molecule has 0 saturated heterocycles. The van der Waals surface area contributed by atoms with Gasteiger partial charge in [0.15, 0.2) is 5.96 Å². The number of rotatable bonds is 1. The molecule has 1 atom stereocenters. The smallest absolute Gasteiger partial charge is 0.194 e. The Labute approximate surface area is 90.8 Å². The molecule has 1 fully saturated rings. The molecule has 2 aliphatic rings. The van der Waals surface area contributed by atoms with Gasteiger partial charge in [0.05, 0.1) is 0 Å². The lowest BCUT2D eigenvalue weighted by Gasteiger charge is -2.33. The van der Waals surface area contributed by atoms with Crippen molar-refractivity contribution < 1.29 is 0 Å².